The molecule has 0 radical (unpaired) electrons. The van der Waals surface area contributed by atoms with Crippen LogP contribution < -0.4 is 0 Å². The summed E-state index contributed by atoms with van der Waals surface area (Å²) in [5, 5.41) is 17.9. The van der Waals surface area contributed by atoms with Crippen LogP contribution >= 0.6 is 0 Å². The molecule has 0 aliphatic carbocycles. The Morgan fingerprint density at radius 2 is 1.14 bits per heavy atom. The van der Waals surface area contributed by atoms with E-state index in [1.54, 1.807) is 0 Å². The molecule has 0 saturated carbocycles. The van der Waals surface area contributed by atoms with Gasteiger partial charge in [-0.15, -0.1) is 0 Å². The maximum Gasteiger partial charge on any atom is 0.317 e. The molecule has 0 aromatic rings. The number of nitrogens with zero attached hydrogens (tertiary/aromatic N) is 3. The molecule has 2 N–H and O–H groups in total. The van der Waals surface area contributed by atoms with Gasteiger partial charge < -0.3 is 10.2 Å². The van der Waals surface area contributed by atoms with Gasteiger partial charge in [0.2, 0.25) is 0 Å². The molecular weight excluding hydrogens is 274 g/mol. The fraction of sp³-hybridized carbons (Fsp3) is 0.857. The highest BCUT2D eigenvalue weighted by Crippen LogP contribution is 2.14. The minimum absolute atomic E-state index is 0.00110. The normalized spacial score (nSPS) is 20.5. The Morgan fingerprint density at radius 3 is 1.43 bits per heavy atom. The molecular formula is C14H27N3O4. The molecule has 0 spiro atoms. The lowest BCUT2D eigenvalue weighted by atomic mass is 10.1. The highest BCUT2D eigenvalue weighted by atomic mass is 16.4. The summed E-state index contributed by atoms with van der Waals surface area (Å²) in [6.07, 6.45) is 0. The Hall–Kier alpha value is -1.18. The van der Waals surface area contributed by atoms with E-state index >= 15 is 0 Å². The van der Waals surface area contributed by atoms with E-state index in [4.69, 9.17) is 10.2 Å². The number of carboxylic acid groups (broad SMARTS) is 2. The van der Waals surface area contributed by atoms with Crippen molar-refractivity contribution in [2.75, 3.05) is 52.4 Å². The van der Waals surface area contributed by atoms with Crippen molar-refractivity contribution in [1.82, 2.24) is 14.7 Å². The molecule has 0 unspecified atom stereocenters. The van der Waals surface area contributed by atoms with Gasteiger partial charge in [0.15, 0.2) is 0 Å². The first kappa shape index (κ1) is 17.9. The molecule has 1 fully saturated rings. The Labute approximate surface area is 126 Å². The fourth-order valence-corrected chi connectivity index (χ4v) is 2.51. The first-order valence-electron chi connectivity index (χ1n) is 7.32. The van der Waals surface area contributed by atoms with E-state index in [2.05, 4.69) is 25.7 Å². The lowest BCUT2D eigenvalue weighted by Crippen LogP contribution is -2.47. The first-order valence-corrected chi connectivity index (χ1v) is 7.32. The van der Waals surface area contributed by atoms with Crippen molar-refractivity contribution < 1.29 is 19.8 Å². The number of rotatable bonds is 4. The zero-order valence-electron chi connectivity index (χ0n) is 13.2. The predicted octanol–water partition coefficient (Wildman–Crippen LogP) is -0.126. The van der Waals surface area contributed by atoms with Gasteiger partial charge in [0.05, 0.1) is 13.1 Å². The van der Waals surface area contributed by atoms with E-state index in [9.17, 15) is 9.59 Å². The zero-order valence-corrected chi connectivity index (χ0v) is 13.2. The topological polar surface area (TPSA) is 84.3 Å². The summed E-state index contributed by atoms with van der Waals surface area (Å²) in [4.78, 5) is 27.9. The standard InChI is InChI=1S/C14H27N3O4/c1-14(2,3)17-8-6-15(10-12(18)19)4-5-16(7-9-17)11-13(20)21/h4-11H2,1-3H3,(H,18,19)(H,20,21). The third kappa shape index (κ3) is 6.88. The number of hydrogen-bond acceptors (Lipinski definition) is 5. The quantitative estimate of drug-likeness (QED) is 0.748. The van der Waals surface area contributed by atoms with E-state index in [-0.39, 0.29) is 18.6 Å². The van der Waals surface area contributed by atoms with Gasteiger partial charge in [-0.05, 0) is 20.8 Å². The van der Waals surface area contributed by atoms with Gasteiger partial charge in [-0.1, -0.05) is 0 Å². The molecule has 0 aromatic carbocycles. The third-order valence-electron chi connectivity index (χ3n) is 3.77. The molecule has 1 heterocycles. The van der Waals surface area contributed by atoms with Crippen molar-refractivity contribution in [2.24, 2.45) is 0 Å². The Balaban J connectivity index is 2.76. The maximum absolute atomic E-state index is 10.9. The smallest absolute Gasteiger partial charge is 0.317 e. The van der Waals surface area contributed by atoms with Crippen molar-refractivity contribution >= 4 is 11.9 Å². The summed E-state index contributed by atoms with van der Waals surface area (Å²) in [5.74, 6) is -1.69. The summed E-state index contributed by atoms with van der Waals surface area (Å²) >= 11 is 0. The fourth-order valence-electron chi connectivity index (χ4n) is 2.51. The zero-order chi connectivity index (χ0) is 16.0. The average Bonchev–Trinajstić information content (AvgIpc) is 2.39. The maximum atomic E-state index is 10.9. The van der Waals surface area contributed by atoms with Gasteiger partial charge in [0.1, 0.15) is 0 Å². The Bertz CT molecular complexity index is 340. The van der Waals surface area contributed by atoms with Crippen LogP contribution in [-0.4, -0.2) is 94.7 Å². The van der Waals surface area contributed by atoms with Crippen LogP contribution in [0.3, 0.4) is 0 Å². The lowest BCUT2D eigenvalue weighted by Gasteiger charge is -2.36. The van der Waals surface area contributed by atoms with Crippen LogP contribution in [0.5, 0.6) is 0 Å². The highest BCUT2D eigenvalue weighted by molar-refractivity contribution is 5.69. The Kier molecular flexibility index (Phi) is 6.57. The molecule has 0 bridgehead atoms. The van der Waals surface area contributed by atoms with Gasteiger partial charge >= 0.3 is 11.9 Å². The van der Waals surface area contributed by atoms with E-state index < -0.39 is 11.9 Å². The largest absolute Gasteiger partial charge is 0.480 e. The molecule has 7 heteroatoms. The van der Waals surface area contributed by atoms with Crippen LogP contribution in [-0.2, 0) is 9.59 Å². The predicted molar refractivity (Wildman–Crippen MR) is 79.5 cm³/mol. The summed E-state index contributed by atoms with van der Waals surface area (Å²) in [5.41, 5.74) is -0.0197. The second kappa shape index (κ2) is 7.72. The molecule has 122 valence electrons. The van der Waals surface area contributed by atoms with Gasteiger partial charge in [0, 0.05) is 44.8 Å². The highest BCUT2D eigenvalue weighted by Gasteiger charge is 2.25. The van der Waals surface area contributed by atoms with Crippen LogP contribution in [0.1, 0.15) is 20.8 Å². The second-order valence-electron chi connectivity index (χ2n) is 6.50. The molecule has 7 nitrogen and oxygen atoms in total. The van der Waals surface area contributed by atoms with Crippen molar-refractivity contribution in [1.29, 1.82) is 0 Å². The number of hydrogen-bond donors (Lipinski definition) is 2. The summed E-state index contributed by atoms with van der Waals surface area (Å²) < 4.78 is 0. The molecule has 1 aliphatic rings. The van der Waals surface area contributed by atoms with Crippen molar-refractivity contribution in [2.45, 2.75) is 26.3 Å². The third-order valence-corrected chi connectivity index (χ3v) is 3.77. The van der Waals surface area contributed by atoms with Crippen molar-refractivity contribution in [3.63, 3.8) is 0 Å². The monoisotopic (exact) mass is 301 g/mol. The summed E-state index contributed by atoms with van der Waals surface area (Å²) in [6, 6.07) is 0. The van der Waals surface area contributed by atoms with Gasteiger partial charge in [-0.2, -0.15) is 0 Å². The van der Waals surface area contributed by atoms with Crippen molar-refractivity contribution in [3.05, 3.63) is 0 Å². The van der Waals surface area contributed by atoms with Crippen LogP contribution in [0.25, 0.3) is 0 Å². The molecule has 1 saturated heterocycles. The van der Waals surface area contributed by atoms with E-state index in [0.29, 0.717) is 26.2 Å². The minimum atomic E-state index is -0.846. The number of carbonyl (C=O) groups is 2. The van der Waals surface area contributed by atoms with Gasteiger partial charge in [0.25, 0.3) is 0 Å². The van der Waals surface area contributed by atoms with Gasteiger partial charge in [-0.3, -0.25) is 24.3 Å². The molecule has 0 aromatic heterocycles. The molecule has 21 heavy (non-hydrogen) atoms. The van der Waals surface area contributed by atoms with Crippen LogP contribution in [0.4, 0.5) is 0 Å². The summed E-state index contributed by atoms with van der Waals surface area (Å²) in [6.45, 7) is 10.5. The number of aliphatic carboxylic acids is 2. The first-order chi connectivity index (χ1) is 9.68. The molecule has 0 amide bonds. The van der Waals surface area contributed by atoms with E-state index in [1.165, 1.54) is 0 Å². The second-order valence-corrected chi connectivity index (χ2v) is 6.50. The lowest BCUT2D eigenvalue weighted by molar-refractivity contribution is -0.140. The van der Waals surface area contributed by atoms with Crippen LogP contribution in [0.2, 0.25) is 0 Å². The van der Waals surface area contributed by atoms with Gasteiger partial charge in [-0.25, -0.2) is 0 Å². The molecule has 1 aliphatic heterocycles. The molecule has 0 atom stereocenters. The minimum Gasteiger partial charge on any atom is -0.480 e. The van der Waals surface area contributed by atoms with E-state index in [1.807, 2.05) is 9.80 Å². The average molecular weight is 301 g/mol. The number of carboxylic acids is 2. The van der Waals surface area contributed by atoms with Crippen LogP contribution in [0.15, 0.2) is 0 Å². The van der Waals surface area contributed by atoms with Crippen molar-refractivity contribution in [3.8, 4) is 0 Å². The molecule has 1 rings (SSSR count). The Morgan fingerprint density at radius 1 is 0.810 bits per heavy atom. The summed E-state index contributed by atoms with van der Waals surface area (Å²) in [7, 11) is 0. The van der Waals surface area contributed by atoms with Crippen LogP contribution in [0, 0.1) is 0 Å². The SMILES string of the molecule is CC(C)(C)N1CCN(CC(=O)O)CCN(CC(=O)O)CC1. The van der Waals surface area contributed by atoms with E-state index in [0.717, 1.165) is 13.1 Å².